The molecule has 0 bridgehead atoms. The van der Waals surface area contributed by atoms with E-state index < -0.39 is 17.8 Å². The van der Waals surface area contributed by atoms with Crippen molar-refractivity contribution in [3.63, 3.8) is 0 Å². The summed E-state index contributed by atoms with van der Waals surface area (Å²) in [7, 11) is 1.31. The maximum Gasteiger partial charge on any atom is 0.407 e. The van der Waals surface area contributed by atoms with Crippen LogP contribution in [0.1, 0.15) is 53.4 Å². The monoisotopic (exact) mass is 303 g/mol. The molecule has 0 spiro atoms. The van der Waals surface area contributed by atoms with Crippen LogP contribution in [-0.4, -0.2) is 42.5 Å². The van der Waals surface area contributed by atoms with Crippen LogP contribution in [0.5, 0.6) is 0 Å². The van der Waals surface area contributed by atoms with Crippen molar-refractivity contribution in [2.24, 2.45) is 5.92 Å². The van der Waals surface area contributed by atoms with E-state index in [-0.39, 0.29) is 6.04 Å². The highest BCUT2D eigenvalue weighted by Crippen LogP contribution is 2.31. The quantitative estimate of drug-likeness (QED) is 0.761. The third-order valence-electron chi connectivity index (χ3n) is 3.19. The lowest BCUT2D eigenvalue weighted by atomic mass is 9.80. The highest BCUT2D eigenvalue weighted by molar-refractivity contribution is 5.68. The minimum atomic E-state index is -0.539. The summed E-state index contributed by atoms with van der Waals surface area (Å²) in [6, 6.07) is -0.199. The van der Waals surface area contributed by atoms with E-state index in [1.54, 1.807) is 6.92 Å². The van der Waals surface area contributed by atoms with Crippen molar-refractivity contribution in [3.8, 4) is 0 Å². The first-order chi connectivity index (χ1) is 9.69. The van der Waals surface area contributed by atoms with E-state index in [0.717, 1.165) is 6.42 Å². The maximum atomic E-state index is 11.6. The average molecular weight is 303 g/mol. The summed E-state index contributed by atoms with van der Waals surface area (Å²) in [6.45, 7) is 7.57. The van der Waals surface area contributed by atoms with E-state index in [4.69, 9.17) is 9.53 Å². The Bertz CT molecular complexity index is 308. The highest BCUT2D eigenvalue weighted by Gasteiger charge is 2.27. The lowest BCUT2D eigenvalue weighted by Gasteiger charge is -2.32. The normalized spacial score (nSPS) is 17.4. The number of methoxy groups -OCH3 is 1. The van der Waals surface area contributed by atoms with Gasteiger partial charge < -0.3 is 19.9 Å². The van der Waals surface area contributed by atoms with Crippen molar-refractivity contribution in [3.05, 3.63) is 0 Å². The van der Waals surface area contributed by atoms with E-state index in [1.165, 1.54) is 26.4 Å². The van der Waals surface area contributed by atoms with Gasteiger partial charge in [0.05, 0.1) is 19.3 Å². The molecule has 0 heterocycles. The molecule has 1 saturated carbocycles. The smallest absolute Gasteiger partial charge is 0.407 e. The van der Waals surface area contributed by atoms with Gasteiger partial charge in [0.2, 0.25) is 0 Å². The van der Waals surface area contributed by atoms with Gasteiger partial charge in [-0.15, -0.1) is 0 Å². The van der Waals surface area contributed by atoms with Gasteiger partial charge in [0.1, 0.15) is 5.60 Å². The van der Waals surface area contributed by atoms with Crippen molar-refractivity contribution in [1.82, 2.24) is 5.32 Å². The van der Waals surface area contributed by atoms with Crippen LogP contribution in [0.25, 0.3) is 0 Å². The standard InChI is InChI=1S/C13H25NO3.C2H4O2/c1-9(15)11(8-10-6-5-7-10)14-12(16)17-13(2,3)4;1-4-2-3/h9-11,15H,5-8H2,1-4H3,(H,14,16);2H,1H3. The fourth-order valence-electron chi connectivity index (χ4n) is 1.92. The molecule has 1 aliphatic rings. The van der Waals surface area contributed by atoms with Gasteiger partial charge in [-0.1, -0.05) is 19.3 Å². The first-order valence-corrected chi connectivity index (χ1v) is 7.33. The predicted octanol–water partition coefficient (Wildman–Crippen LogP) is 2.24. The Hall–Kier alpha value is -1.30. The van der Waals surface area contributed by atoms with Gasteiger partial charge in [0.15, 0.2) is 0 Å². The van der Waals surface area contributed by atoms with Crippen LogP contribution >= 0.6 is 0 Å². The summed E-state index contributed by atoms with van der Waals surface area (Å²) in [4.78, 5) is 20.6. The minimum Gasteiger partial charge on any atom is -0.471 e. The van der Waals surface area contributed by atoms with Gasteiger partial charge >= 0.3 is 6.09 Å². The Balaban J connectivity index is 0.000000885. The van der Waals surface area contributed by atoms with Gasteiger partial charge in [0.25, 0.3) is 6.47 Å². The Morgan fingerprint density at radius 3 is 2.24 bits per heavy atom. The van der Waals surface area contributed by atoms with Crippen molar-refractivity contribution >= 4 is 12.6 Å². The molecule has 0 aliphatic heterocycles. The largest absolute Gasteiger partial charge is 0.471 e. The van der Waals surface area contributed by atoms with Gasteiger partial charge in [-0.05, 0) is 40.0 Å². The molecule has 1 fully saturated rings. The number of amides is 1. The number of hydrogen-bond acceptors (Lipinski definition) is 5. The lowest BCUT2D eigenvalue weighted by molar-refractivity contribution is -0.126. The van der Waals surface area contributed by atoms with Crippen LogP contribution < -0.4 is 5.32 Å². The number of carbonyl (C=O) groups is 2. The average Bonchev–Trinajstić information content (AvgIpc) is 2.29. The van der Waals surface area contributed by atoms with E-state index in [9.17, 15) is 9.90 Å². The lowest BCUT2D eigenvalue weighted by Crippen LogP contribution is -2.46. The minimum absolute atomic E-state index is 0.199. The number of ether oxygens (including phenoxy) is 2. The molecule has 0 saturated heterocycles. The molecule has 21 heavy (non-hydrogen) atoms. The van der Waals surface area contributed by atoms with Crippen LogP contribution in [0.3, 0.4) is 0 Å². The highest BCUT2D eigenvalue weighted by atomic mass is 16.6. The molecule has 0 aromatic carbocycles. The predicted molar refractivity (Wildman–Crippen MR) is 79.9 cm³/mol. The summed E-state index contributed by atoms with van der Waals surface area (Å²) < 4.78 is 9.05. The van der Waals surface area contributed by atoms with Crippen molar-refractivity contribution in [2.45, 2.75) is 71.1 Å². The number of hydrogen-bond donors (Lipinski definition) is 2. The number of aliphatic hydroxyl groups is 1. The third kappa shape index (κ3) is 10.1. The summed E-state index contributed by atoms with van der Waals surface area (Å²) in [6.07, 6.45) is 3.55. The molecule has 2 unspecified atom stereocenters. The first kappa shape index (κ1) is 19.7. The van der Waals surface area contributed by atoms with Crippen LogP contribution in [0.4, 0.5) is 4.79 Å². The molecule has 0 radical (unpaired) electrons. The topological polar surface area (TPSA) is 84.9 Å². The molecule has 2 N–H and O–H groups in total. The van der Waals surface area contributed by atoms with E-state index >= 15 is 0 Å². The number of nitrogens with one attached hydrogen (secondary N) is 1. The second kappa shape index (κ2) is 9.60. The van der Waals surface area contributed by atoms with Crippen molar-refractivity contribution < 1.29 is 24.2 Å². The molecule has 1 amide bonds. The van der Waals surface area contributed by atoms with Gasteiger partial charge in [0, 0.05) is 0 Å². The zero-order valence-corrected chi connectivity index (χ0v) is 13.7. The zero-order chi connectivity index (χ0) is 16.5. The van der Waals surface area contributed by atoms with Gasteiger partial charge in [-0.2, -0.15) is 0 Å². The Morgan fingerprint density at radius 2 is 1.95 bits per heavy atom. The Kier molecular flexibility index (Phi) is 9.01. The molecule has 2 atom stereocenters. The second-order valence-electron chi connectivity index (χ2n) is 6.36. The van der Waals surface area contributed by atoms with Crippen LogP contribution in [0, 0.1) is 5.92 Å². The van der Waals surface area contributed by atoms with Crippen LogP contribution in [-0.2, 0) is 14.3 Å². The molecule has 6 nitrogen and oxygen atoms in total. The Labute approximate surface area is 127 Å². The molecule has 0 aromatic heterocycles. The molecule has 1 rings (SSSR count). The summed E-state index contributed by atoms with van der Waals surface area (Å²) in [5, 5.41) is 12.4. The van der Waals surface area contributed by atoms with Crippen molar-refractivity contribution in [1.29, 1.82) is 0 Å². The SMILES string of the molecule is CC(O)C(CC1CCC1)NC(=O)OC(C)(C)C.COC=O. The van der Waals surface area contributed by atoms with Crippen LogP contribution in [0.2, 0.25) is 0 Å². The number of alkyl carbamates (subject to hydrolysis) is 1. The summed E-state index contributed by atoms with van der Waals surface area (Å²) in [5.41, 5.74) is -0.496. The molecule has 1 aliphatic carbocycles. The second-order valence-corrected chi connectivity index (χ2v) is 6.36. The van der Waals surface area contributed by atoms with Gasteiger partial charge in [-0.3, -0.25) is 4.79 Å². The zero-order valence-electron chi connectivity index (χ0n) is 13.7. The fourth-order valence-corrected chi connectivity index (χ4v) is 1.92. The first-order valence-electron chi connectivity index (χ1n) is 7.33. The maximum absolute atomic E-state index is 11.6. The van der Waals surface area contributed by atoms with Gasteiger partial charge in [-0.25, -0.2) is 4.79 Å². The Morgan fingerprint density at radius 1 is 1.43 bits per heavy atom. The van der Waals surface area contributed by atoms with E-state index in [1.807, 2.05) is 20.8 Å². The third-order valence-corrected chi connectivity index (χ3v) is 3.19. The molecular formula is C15H29NO5. The summed E-state index contributed by atoms with van der Waals surface area (Å²) >= 11 is 0. The molecular weight excluding hydrogens is 274 g/mol. The van der Waals surface area contributed by atoms with Crippen LogP contribution in [0.15, 0.2) is 0 Å². The van der Waals surface area contributed by atoms with E-state index in [2.05, 4.69) is 10.1 Å². The number of carbonyl (C=O) groups excluding carboxylic acids is 2. The molecule has 6 heteroatoms. The molecule has 0 aromatic rings. The number of aliphatic hydroxyl groups excluding tert-OH is 1. The number of rotatable bonds is 5. The summed E-state index contributed by atoms with van der Waals surface area (Å²) in [5.74, 6) is 0.643. The fraction of sp³-hybridized carbons (Fsp3) is 0.867. The van der Waals surface area contributed by atoms with E-state index in [0.29, 0.717) is 12.4 Å². The van der Waals surface area contributed by atoms with Crippen molar-refractivity contribution in [2.75, 3.05) is 7.11 Å². The molecule has 124 valence electrons.